The van der Waals surface area contributed by atoms with Crippen LogP contribution in [0.2, 0.25) is 0 Å². The molecule has 0 amide bonds. The molecule has 0 radical (unpaired) electrons. The van der Waals surface area contributed by atoms with Gasteiger partial charge in [0.15, 0.2) is 0 Å². The van der Waals surface area contributed by atoms with Crippen LogP contribution in [0.15, 0.2) is 24.3 Å². The smallest absolute Gasteiger partial charge is 0.132 e. The number of benzene rings is 1. The molecule has 0 spiro atoms. The van der Waals surface area contributed by atoms with Crippen LogP contribution in [-0.2, 0) is 0 Å². The molecule has 1 saturated heterocycles. The van der Waals surface area contributed by atoms with Crippen LogP contribution in [0.5, 0.6) is 5.75 Å². The third-order valence-corrected chi connectivity index (χ3v) is 4.34. The Labute approximate surface area is 124 Å². The van der Waals surface area contributed by atoms with Crippen molar-refractivity contribution >= 4 is 22.6 Å². The van der Waals surface area contributed by atoms with E-state index in [0.717, 1.165) is 30.7 Å². The SMILES string of the molecule is C[C@@H]1C[C@H](C)CN(CCOc2ccccc2I)C1. The molecule has 0 N–H and O–H groups in total. The minimum absolute atomic E-state index is 0.791. The summed E-state index contributed by atoms with van der Waals surface area (Å²) in [5.41, 5.74) is 0. The first-order valence-corrected chi connectivity index (χ1v) is 7.82. The molecule has 1 fully saturated rings. The molecule has 1 aliphatic rings. The van der Waals surface area contributed by atoms with Crippen LogP contribution in [0.25, 0.3) is 0 Å². The van der Waals surface area contributed by atoms with Gasteiger partial charge in [-0.1, -0.05) is 26.0 Å². The first-order valence-electron chi connectivity index (χ1n) is 6.75. The zero-order valence-electron chi connectivity index (χ0n) is 11.2. The summed E-state index contributed by atoms with van der Waals surface area (Å²) in [7, 11) is 0. The van der Waals surface area contributed by atoms with Gasteiger partial charge in [0.1, 0.15) is 12.4 Å². The maximum Gasteiger partial charge on any atom is 0.132 e. The topological polar surface area (TPSA) is 12.5 Å². The predicted octanol–water partition coefficient (Wildman–Crippen LogP) is 3.65. The van der Waals surface area contributed by atoms with E-state index in [4.69, 9.17) is 4.74 Å². The van der Waals surface area contributed by atoms with Gasteiger partial charge in [0.05, 0.1) is 3.57 Å². The molecule has 1 aromatic rings. The van der Waals surface area contributed by atoms with Crippen LogP contribution < -0.4 is 4.74 Å². The van der Waals surface area contributed by atoms with Gasteiger partial charge in [-0.2, -0.15) is 0 Å². The predicted molar refractivity (Wildman–Crippen MR) is 84.0 cm³/mol. The van der Waals surface area contributed by atoms with Gasteiger partial charge >= 0.3 is 0 Å². The Morgan fingerprint density at radius 1 is 1.22 bits per heavy atom. The summed E-state index contributed by atoms with van der Waals surface area (Å²) < 4.78 is 7.05. The Kier molecular flexibility index (Phi) is 5.30. The summed E-state index contributed by atoms with van der Waals surface area (Å²) in [6.07, 6.45) is 1.37. The van der Waals surface area contributed by atoms with E-state index in [1.54, 1.807) is 0 Å². The van der Waals surface area contributed by atoms with Crippen molar-refractivity contribution < 1.29 is 4.74 Å². The number of piperidine rings is 1. The van der Waals surface area contributed by atoms with Gasteiger partial charge in [-0.05, 0) is 53.0 Å². The van der Waals surface area contributed by atoms with E-state index in [1.807, 2.05) is 18.2 Å². The summed E-state index contributed by atoms with van der Waals surface area (Å²) in [5, 5.41) is 0. The number of rotatable bonds is 4. The highest BCUT2D eigenvalue weighted by atomic mass is 127. The van der Waals surface area contributed by atoms with Crippen LogP contribution in [0.3, 0.4) is 0 Å². The molecule has 2 atom stereocenters. The molecule has 3 heteroatoms. The number of hydrogen-bond donors (Lipinski definition) is 0. The third-order valence-electron chi connectivity index (χ3n) is 3.45. The molecule has 100 valence electrons. The Hall–Kier alpha value is -0.290. The fraction of sp³-hybridized carbons (Fsp3) is 0.600. The number of nitrogens with zero attached hydrogens (tertiary/aromatic N) is 1. The molecule has 0 saturated carbocycles. The second-order valence-electron chi connectivity index (χ2n) is 5.48. The lowest BCUT2D eigenvalue weighted by atomic mass is 9.92. The van der Waals surface area contributed by atoms with Gasteiger partial charge in [0.25, 0.3) is 0 Å². The normalized spacial score (nSPS) is 25.1. The maximum absolute atomic E-state index is 5.86. The molecule has 1 aliphatic heterocycles. The highest BCUT2D eigenvalue weighted by Crippen LogP contribution is 2.22. The second-order valence-corrected chi connectivity index (χ2v) is 6.65. The van der Waals surface area contributed by atoms with Crippen molar-refractivity contribution in [3.05, 3.63) is 27.8 Å². The number of ether oxygens (including phenoxy) is 1. The van der Waals surface area contributed by atoms with Gasteiger partial charge in [0, 0.05) is 19.6 Å². The van der Waals surface area contributed by atoms with Crippen LogP contribution in [-0.4, -0.2) is 31.1 Å². The first-order chi connectivity index (χ1) is 8.65. The molecule has 0 bridgehead atoms. The zero-order chi connectivity index (χ0) is 13.0. The molecule has 0 aliphatic carbocycles. The van der Waals surface area contributed by atoms with E-state index in [0.29, 0.717) is 0 Å². The Morgan fingerprint density at radius 3 is 2.56 bits per heavy atom. The fourth-order valence-corrected chi connectivity index (χ4v) is 3.36. The zero-order valence-corrected chi connectivity index (χ0v) is 13.4. The molecule has 0 unspecified atom stereocenters. The van der Waals surface area contributed by atoms with E-state index in [2.05, 4.69) is 47.4 Å². The minimum atomic E-state index is 0.791. The van der Waals surface area contributed by atoms with Crippen LogP contribution >= 0.6 is 22.6 Å². The second kappa shape index (κ2) is 6.75. The van der Waals surface area contributed by atoms with Crippen LogP contribution in [0.1, 0.15) is 20.3 Å². The number of likely N-dealkylation sites (tertiary alicyclic amines) is 1. The molecular weight excluding hydrogens is 337 g/mol. The average molecular weight is 359 g/mol. The lowest BCUT2D eigenvalue weighted by Gasteiger charge is -2.34. The summed E-state index contributed by atoms with van der Waals surface area (Å²) >= 11 is 2.32. The minimum Gasteiger partial charge on any atom is -0.491 e. The van der Waals surface area contributed by atoms with E-state index in [1.165, 1.54) is 23.1 Å². The maximum atomic E-state index is 5.86. The van der Waals surface area contributed by atoms with Crippen molar-refractivity contribution in [2.24, 2.45) is 11.8 Å². The molecule has 1 aromatic carbocycles. The molecule has 2 nitrogen and oxygen atoms in total. The van der Waals surface area contributed by atoms with Gasteiger partial charge in [-0.25, -0.2) is 0 Å². The number of para-hydroxylation sites is 1. The van der Waals surface area contributed by atoms with Crippen LogP contribution in [0.4, 0.5) is 0 Å². The Morgan fingerprint density at radius 2 is 1.89 bits per heavy atom. The summed E-state index contributed by atoms with van der Waals surface area (Å²) in [5.74, 6) is 2.66. The molecule has 18 heavy (non-hydrogen) atoms. The highest BCUT2D eigenvalue weighted by Gasteiger charge is 2.21. The standard InChI is InChI=1S/C15H22INO/c1-12-9-13(2)11-17(10-12)7-8-18-15-6-4-3-5-14(15)16/h3-6,12-13H,7-11H2,1-2H3/t12-,13+. The van der Waals surface area contributed by atoms with Crippen molar-refractivity contribution in [2.45, 2.75) is 20.3 Å². The summed E-state index contributed by atoms with van der Waals surface area (Å²) in [4.78, 5) is 2.54. The number of halogens is 1. The van der Waals surface area contributed by atoms with Crippen LogP contribution in [0, 0.1) is 15.4 Å². The van der Waals surface area contributed by atoms with Crippen molar-refractivity contribution in [3.8, 4) is 5.75 Å². The van der Waals surface area contributed by atoms with Crippen molar-refractivity contribution in [3.63, 3.8) is 0 Å². The van der Waals surface area contributed by atoms with E-state index >= 15 is 0 Å². The van der Waals surface area contributed by atoms with Crippen molar-refractivity contribution in [1.29, 1.82) is 0 Å². The lowest BCUT2D eigenvalue weighted by molar-refractivity contribution is 0.120. The quantitative estimate of drug-likeness (QED) is 0.761. The van der Waals surface area contributed by atoms with Gasteiger partial charge in [-0.3, -0.25) is 4.90 Å². The van der Waals surface area contributed by atoms with Crippen molar-refractivity contribution in [2.75, 3.05) is 26.2 Å². The van der Waals surface area contributed by atoms with Gasteiger partial charge in [-0.15, -0.1) is 0 Å². The lowest BCUT2D eigenvalue weighted by Crippen LogP contribution is -2.40. The summed E-state index contributed by atoms with van der Waals surface area (Å²) in [6.45, 7) is 8.98. The Bertz CT molecular complexity index is 373. The molecule has 0 aromatic heterocycles. The molecule has 2 rings (SSSR count). The van der Waals surface area contributed by atoms with E-state index < -0.39 is 0 Å². The van der Waals surface area contributed by atoms with E-state index in [-0.39, 0.29) is 0 Å². The molecule has 1 heterocycles. The summed E-state index contributed by atoms with van der Waals surface area (Å²) in [6, 6.07) is 8.20. The molecular formula is C15H22INO. The van der Waals surface area contributed by atoms with Crippen molar-refractivity contribution in [1.82, 2.24) is 4.90 Å². The van der Waals surface area contributed by atoms with E-state index in [9.17, 15) is 0 Å². The Balaban J connectivity index is 1.77. The van der Waals surface area contributed by atoms with Gasteiger partial charge in [0.2, 0.25) is 0 Å². The number of hydrogen-bond acceptors (Lipinski definition) is 2. The third kappa shape index (κ3) is 4.12. The van der Waals surface area contributed by atoms with Gasteiger partial charge < -0.3 is 4.74 Å². The fourth-order valence-electron chi connectivity index (χ4n) is 2.82. The first kappa shape index (κ1) is 14.1. The average Bonchev–Trinajstić information content (AvgIpc) is 2.30. The monoisotopic (exact) mass is 359 g/mol. The highest BCUT2D eigenvalue weighted by molar-refractivity contribution is 14.1. The largest absolute Gasteiger partial charge is 0.491 e.